The van der Waals surface area contributed by atoms with Gasteiger partial charge in [0.25, 0.3) is 0 Å². The van der Waals surface area contributed by atoms with E-state index in [-0.39, 0.29) is 5.56 Å². The maximum Gasteiger partial charge on any atom is 0.419 e. The van der Waals surface area contributed by atoms with Crippen molar-refractivity contribution in [1.29, 1.82) is 5.26 Å². The maximum atomic E-state index is 12.8. The highest BCUT2D eigenvalue weighted by molar-refractivity contribution is 5.41. The summed E-state index contributed by atoms with van der Waals surface area (Å²) in [6, 6.07) is 3.77. The molecule has 0 fully saturated rings. The van der Waals surface area contributed by atoms with E-state index in [1.807, 2.05) is 5.92 Å². The Morgan fingerprint density at radius 3 is 2.40 bits per heavy atom. The van der Waals surface area contributed by atoms with Gasteiger partial charge in [-0.05, 0) is 18.2 Å². The van der Waals surface area contributed by atoms with Crippen LogP contribution in [0.15, 0.2) is 18.2 Å². The third kappa shape index (κ3) is 2.72. The Morgan fingerprint density at radius 2 is 1.87 bits per heavy atom. The summed E-state index contributed by atoms with van der Waals surface area (Å²) in [6.07, 6.45) is -4.76. The Kier molecular flexibility index (Phi) is 2.96. The van der Waals surface area contributed by atoms with Crippen LogP contribution in [0.2, 0.25) is 0 Å². The Labute approximate surface area is 82.9 Å². The summed E-state index contributed by atoms with van der Waals surface area (Å²) in [7, 11) is 0. The fraction of sp³-hybridized carbons (Fsp3) is 0.100. The van der Waals surface area contributed by atoms with E-state index in [1.54, 1.807) is 0 Å². The lowest BCUT2D eigenvalue weighted by molar-refractivity contribution is -0.140. The van der Waals surface area contributed by atoms with Gasteiger partial charge in [-0.1, -0.05) is 5.92 Å². The fourth-order valence-corrected chi connectivity index (χ4v) is 0.920. The molecule has 0 bridgehead atoms. The average Bonchev–Trinajstić information content (AvgIpc) is 2.15. The zero-order chi connectivity index (χ0) is 11.5. The van der Waals surface area contributed by atoms with Crippen LogP contribution in [0.25, 0.3) is 0 Å². The van der Waals surface area contributed by atoms with Crippen molar-refractivity contribution in [3.8, 4) is 17.9 Å². The van der Waals surface area contributed by atoms with Crippen molar-refractivity contribution in [2.75, 3.05) is 0 Å². The Morgan fingerprint density at radius 1 is 1.20 bits per heavy atom. The molecule has 0 aliphatic heterocycles. The molecule has 1 aromatic carbocycles. The number of alkyl halides is 3. The summed E-state index contributed by atoms with van der Waals surface area (Å²) in [6.45, 7) is 0. The van der Waals surface area contributed by atoms with E-state index >= 15 is 0 Å². The van der Waals surface area contributed by atoms with Gasteiger partial charge in [0, 0.05) is 11.5 Å². The van der Waals surface area contributed by atoms with E-state index in [2.05, 4.69) is 5.92 Å². The Hall–Kier alpha value is -2.01. The van der Waals surface area contributed by atoms with Crippen molar-refractivity contribution < 1.29 is 17.6 Å². The molecule has 15 heavy (non-hydrogen) atoms. The van der Waals surface area contributed by atoms with Gasteiger partial charge in [0.05, 0.1) is 5.56 Å². The van der Waals surface area contributed by atoms with Gasteiger partial charge in [0.1, 0.15) is 5.82 Å². The zero-order valence-electron chi connectivity index (χ0n) is 7.19. The highest BCUT2D eigenvalue weighted by Crippen LogP contribution is 2.31. The fourth-order valence-electron chi connectivity index (χ4n) is 0.920. The normalized spacial score (nSPS) is 10.1. The lowest BCUT2D eigenvalue weighted by Crippen LogP contribution is -2.08. The average molecular weight is 213 g/mol. The number of nitriles is 1. The highest BCUT2D eigenvalue weighted by Gasteiger charge is 2.34. The molecule has 0 atom stereocenters. The van der Waals surface area contributed by atoms with Gasteiger partial charge < -0.3 is 0 Å². The molecule has 0 aromatic heterocycles. The predicted octanol–water partition coefficient (Wildman–Crippen LogP) is 2.72. The van der Waals surface area contributed by atoms with Crippen LogP contribution in [-0.4, -0.2) is 0 Å². The number of hydrogen-bond acceptors (Lipinski definition) is 1. The van der Waals surface area contributed by atoms with Crippen LogP contribution < -0.4 is 0 Å². The van der Waals surface area contributed by atoms with Crippen LogP contribution in [0.4, 0.5) is 17.6 Å². The van der Waals surface area contributed by atoms with Gasteiger partial charge in [-0.25, -0.2) is 4.39 Å². The first kappa shape index (κ1) is 11.1. The van der Waals surface area contributed by atoms with E-state index < -0.39 is 17.6 Å². The minimum atomic E-state index is -4.76. The highest BCUT2D eigenvalue weighted by atomic mass is 19.4. The number of halogens is 4. The first-order chi connectivity index (χ1) is 6.95. The van der Waals surface area contributed by atoms with Gasteiger partial charge in [0.15, 0.2) is 6.07 Å². The van der Waals surface area contributed by atoms with Crippen molar-refractivity contribution in [3.63, 3.8) is 0 Å². The molecule has 1 rings (SSSR count). The first-order valence-electron chi connectivity index (χ1n) is 3.72. The van der Waals surface area contributed by atoms with E-state index in [4.69, 9.17) is 5.26 Å². The minimum absolute atomic E-state index is 0.0507. The van der Waals surface area contributed by atoms with Crippen LogP contribution in [-0.2, 0) is 6.18 Å². The third-order valence-corrected chi connectivity index (χ3v) is 1.53. The van der Waals surface area contributed by atoms with Gasteiger partial charge in [-0.15, -0.1) is 0 Å². The summed E-state index contributed by atoms with van der Waals surface area (Å²) in [5.41, 5.74) is -1.43. The first-order valence-corrected chi connectivity index (χ1v) is 3.72. The van der Waals surface area contributed by atoms with Crippen LogP contribution in [0.5, 0.6) is 0 Å². The number of nitrogens with zero attached hydrogens (tertiary/aromatic N) is 1. The number of hydrogen-bond donors (Lipinski definition) is 0. The van der Waals surface area contributed by atoms with Crippen molar-refractivity contribution in [1.82, 2.24) is 0 Å². The monoisotopic (exact) mass is 213 g/mol. The molecule has 76 valence electrons. The molecule has 0 radical (unpaired) electrons. The third-order valence-electron chi connectivity index (χ3n) is 1.53. The molecule has 0 amide bonds. The molecular formula is C10H3F4N. The Balaban J connectivity index is 3.24. The molecule has 0 aliphatic carbocycles. The van der Waals surface area contributed by atoms with Gasteiger partial charge >= 0.3 is 6.18 Å². The summed E-state index contributed by atoms with van der Waals surface area (Å²) in [5.74, 6) is 2.73. The summed E-state index contributed by atoms with van der Waals surface area (Å²) in [4.78, 5) is 0. The van der Waals surface area contributed by atoms with Crippen LogP contribution >= 0.6 is 0 Å². The molecule has 0 heterocycles. The lowest BCUT2D eigenvalue weighted by Gasteiger charge is -2.07. The van der Waals surface area contributed by atoms with E-state index in [0.29, 0.717) is 12.1 Å². The molecular weight excluding hydrogens is 210 g/mol. The molecule has 0 unspecified atom stereocenters. The number of benzene rings is 1. The molecule has 0 aliphatic rings. The summed E-state index contributed by atoms with van der Waals surface area (Å²) < 4.78 is 49.3. The zero-order valence-corrected chi connectivity index (χ0v) is 7.19. The van der Waals surface area contributed by atoms with Crippen molar-refractivity contribution in [2.24, 2.45) is 0 Å². The summed E-state index contributed by atoms with van der Waals surface area (Å²) >= 11 is 0. The van der Waals surface area contributed by atoms with Crippen LogP contribution in [0, 0.1) is 29.0 Å². The Bertz CT molecular complexity index is 471. The van der Waals surface area contributed by atoms with Gasteiger partial charge in [-0.3, -0.25) is 0 Å². The lowest BCUT2D eigenvalue weighted by atomic mass is 10.1. The molecule has 0 saturated heterocycles. The molecule has 1 nitrogen and oxygen atoms in total. The van der Waals surface area contributed by atoms with E-state index in [0.717, 1.165) is 6.07 Å². The second-order valence-corrected chi connectivity index (χ2v) is 2.55. The van der Waals surface area contributed by atoms with Crippen molar-refractivity contribution in [2.45, 2.75) is 6.18 Å². The second kappa shape index (κ2) is 4.02. The van der Waals surface area contributed by atoms with Crippen LogP contribution in [0.1, 0.15) is 11.1 Å². The summed E-state index contributed by atoms with van der Waals surface area (Å²) in [5, 5.41) is 8.09. The van der Waals surface area contributed by atoms with Gasteiger partial charge in [0.2, 0.25) is 0 Å². The second-order valence-electron chi connectivity index (χ2n) is 2.55. The minimum Gasteiger partial charge on any atom is -0.206 e. The van der Waals surface area contributed by atoms with Crippen molar-refractivity contribution in [3.05, 3.63) is 35.1 Å². The molecule has 1 aromatic rings. The molecule has 0 saturated carbocycles. The largest absolute Gasteiger partial charge is 0.419 e. The quantitative estimate of drug-likeness (QED) is 0.480. The standard InChI is InChI=1S/C10H3F4N/c11-9-4-3-7(2-1-5-15)6-8(9)10(12,13)14/h3-4,6H. The van der Waals surface area contributed by atoms with E-state index in [1.165, 1.54) is 6.07 Å². The topological polar surface area (TPSA) is 23.8 Å². The smallest absolute Gasteiger partial charge is 0.206 e. The van der Waals surface area contributed by atoms with E-state index in [9.17, 15) is 17.6 Å². The maximum absolute atomic E-state index is 12.8. The van der Waals surface area contributed by atoms with Crippen molar-refractivity contribution >= 4 is 0 Å². The number of rotatable bonds is 0. The SMILES string of the molecule is N#CC#Cc1ccc(F)c(C(F)(F)F)c1. The predicted molar refractivity (Wildman–Crippen MR) is 43.9 cm³/mol. The molecule has 5 heteroatoms. The van der Waals surface area contributed by atoms with Gasteiger partial charge in [-0.2, -0.15) is 18.4 Å². The van der Waals surface area contributed by atoms with Crippen LogP contribution in [0.3, 0.4) is 0 Å². The molecule has 0 N–H and O–H groups in total. The molecule has 0 spiro atoms.